The van der Waals surface area contributed by atoms with Gasteiger partial charge in [-0.05, 0) is 0 Å². The van der Waals surface area contributed by atoms with Gasteiger partial charge in [-0.3, -0.25) is 14.3 Å². The molecule has 0 spiro atoms. The van der Waals surface area contributed by atoms with Gasteiger partial charge in [0.1, 0.15) is 0 Å². The van der Waals surface area contributed by atoms with Crippen LogP contribution >= 0.6 is 0 Å². The van der Waals surface area contributed by atoms with Gasteiger partial charge in [0.15, 0.2) is 5.52 Å². The third-order valence-corrected chi connectivity index (χ3v) is 2.21. The zero-order valence-electron chi connectivity index (χ0n) is 7.56. The van der Waals surface area contributed by atoms with Crippen molar-refractivity contribution in [2.24, 2.45) is 0 Å². The van der Waals surface area contributed by atoms with E-state index in [0.29, 0.717) is 0 Å². The quantitative estimate of drug-likeness (QED) is 0.575. The van der Waals surface area contributed by atoms with Gasteiger partial charge in [0.25, 0.3) is 5.56 Å². The monoisotopic (exact) mass is 206 g/mol. The van der Waals surface area contributed by atoms with Crippen LogP contribution in [0, 0.1) is 0 Å². The van der Waals surface area contributed by atoms with Crippen LogP contribution in [0.2, 0.25) is 0 Å². The lowest BCUT2D eigenvalue weighted by Gasteiger charge is -2.01. The molecule has 0 atom stereocenters. The number of fused-ring (bicyclic) bond motifs is 1. The van der Waals surface area contributed by atoms with Gasteiger partial charge in [-0.25, -0.2) is 4.79 Å². The largest absolute Gasteiger partial charge is 0.367 e. The number of nitrogens with one attached hydrogen (secondary N) is 1. The molecule has 0 radical (unpaired) electrons. The summed E-state index contributed by atoms with van der Waals surface area (Å²) >= 11 is 0. The molecule has 0 aliphatic rings. The van der Waals surface area contributed by atoms with Crippen LogP contribution < -0.4 is 11.2 Å². The van der Waals surface area contributed by atoms with Gasteiger partial charge in [-0.1, -0.05) is 10.6 Å². The standard InChI is InChI=1S/C8H6N4O3/c1-2-3-11-6(13)4-5-10-7(9-4)15-12(5)8(11)14/h2H,1,3H2,(H,9,10). The lowest BCUT2D eigenvalue weighted by atomic mass is 10.5. The highest BCUT2D eigenvalue weighted by molar-refractivity contribution is 5.73. The zero-order valence-corrected chi connectivity index (χ0v) is 7.56. The van der Waals surface area contributed by atoms with E-state index in [-0.39, 0.29) is 23.6 Å². The molecule has 0 saturated carbocycles. The molecule has 0 fully saturated rings. The van der Waals surface area contributed by atoms with E-state index in [1.165, 1.54) is 6.08 Å². The molecule has 3 heterocycles. The number of aromatic nitrogens is 4. The lowest BCUT2D eigenvalue weighted by Crippen LogP contribution is -2.37. The minimum Gasteiger partial charge on any atom is -0.329 e. The highest BCUT2D eigenvalue weighted by Gasteiger charge is 2.18. The molecule has 3 aromatic rings. The number of H-pyrrole nitrogens is 1. The van der Waals surface area contributed by atoms with Crippen LogP contribution in [0.4, 0.5) is 0 Å². The molecule has 0 saturated heterocycles. The number of hydrogen-bond donors (Lipinski definition) is 1. The Hall–Kier alpha value is -2.31. The van der Waals surface area contributed by atoms with E-state index in [1.54, 1.807) is 0 Å². The summed E-state index contributed by atoms with van der Waals surface area (Å²) in [4.78, 5) is 30.0. The van der Waals surface area contributed by atoms with Crippen LogP contribution in [0.25, 0.3) is 17.0 Å². The predicted octanol–water partition coefficient (Wildman–Crippen LogP) is -0.446. The van der Waals surface area contributed by atoms with Crippen molar-refractivity contribution >= 4 is 17.0 Å². The number of allylic oxidation sites excluding steroid dienone is 1. The van der Waals surface area contributed by atoms with Gasteiger partial charge in [0, 0.05) is 6.54 Å². The first kappa shape index (κ1) is 8.04. The maximum Gasteiger partial charge on any atom is 0.367 e. The summed E-state index contributed by atoms with van der Waals surface area (Å²) in [5.74, 6) is 0.167. The molecule has 0 amide bonds. The average Bonchev–Trinajstić information content (AvgIpc) is 2.81. The molecule has 0 unspecified atom stereocenters. The van der Waals surface area contributed by atoms with Crippen LogP contribution in [0.5, 0.6) is 0 Å². The molecular weight excluding hydrogens is 200 g/mol. The Bertz CT molecular complexity index is 704. The van der Waals surface area contributed by atoms with Gasteiger partial charge in [-0.15, -0.1) is 6.58 Å². The molecule has 3 rings (SSSR count). The third-order valence-electron chi connectivity index (χ3n) is 2.21. The van der Waals surface area contributed by atoms with E-state index in [2.05, 4.69) is 16.5 Å². The topological polar surface area (TPSA) is 85.3 Å². The van der Waals surface area contributed by atoms with Crippen LogP contribution in [-0.4, -0.2) is 19.1 Å². The van der Waals surface area contributed by atoms with Crippen LogP contribution in [0.15, 0.2) is 26.8 Å². The summed E-state index contributed by atoms with van der Waals surface area (Å²) in [6.07, 6.45) is 1.47. The minimum absolute atomic E-state index is 0.144. The molecule has 2 bridgehead atoms. The van der Waals surface area contributed by atoms with Crippen LogP contribution in [0.1, 0.15) is 0 Å². The second kappa shape index (κ2) is 2.38. The van der Waals surface area contributed by atoms with Gasteiger partial charge in [0.05, 0.1) is 0 Å². The summed E-state index contributed by atoms with van der Waals surface area (Å²) in [6, 6.07) is 0. The van der Waals surface area contributed by atoms with E-state index >= 15 is 0 Å². The van der Waals surface area contributed by atoms with E-state index < -0.39 is 11.2 Å². The third kappa shape index (κ3) is 0.815. The van der Waals surface area contributed by atoms with Gasteiger partial charge >= 0.3 is 11.5 Å². The fourth-order valence-electron chi connectivity index (χ4n) is 1.56. The van der Waals surface area contributed by atoms with Crippen molar-refractivity contribution in [2.45, 2.75) is 6.54 Å². The molecule has 15 heavy (non-hydrogen) atoms. The predicted molar refractivity (Wildman–Crippen MR) is 51.2 cm³/mol. The normalized spacial score (nSPS) is 11.7. The molecular formula is C8H6N4O3. The van der Waals surface area contributed by atoms with Gasteiger partial charge < -0.3 is 4.52 Å². The molecule has 1 N–H and O–H groups in total. The summed E-state index contributed by atoms with van der Waals surface area (Å²) < 4.78 is 7.02. The maximum atomic E-state index is 11.8. The fraction of sp³-hybridized carbons (Fsp3) is 0.125. The molecule has 0 aliphatic carbocycles. The first-order valence-corrected chi connectivity index (χ1v) is 4.27. The number of rotatable bonds is 2. The average molecular weight is 206 g/mol. The molecule has 7 nitrogen and oxygen atoms in total. The molecule has 3 aromatic heterocycles. The molecule has 0 aromatic carbocycles. The Labute approximate surface area is 81.6 Å². The second-order valence-corrected chi connectivity index (χ2v) is 3.11. The summed E-state index contributed by atoms with van der Waals surface area (Å²) in [5, 5.41) is 0. The SMILES string of the molecule is C=CCn1c(=O)c2[nH]c3nc2n(o3)c1=O. The summed E-state index contributed by atoms with van der Waals surface area (Å²) in [7, 11) is 0. The second-order valence-electron chi connectivity index (χ2n) is 3.11. The van der Waals surface area contributed by atoms with Crippen LogP contribution in [-0.2, 0) is 6.54 Å². The van der Waals surface area contributed by atoms with Crippen molar-refractivity contribution in [2.75, 3.05) is 0 Å². The first-order valence-electron chi connectivity index (χ1n) is 4.27. The highest BCUT2D eigenvalue weighted by Crippen LogP contribution is 2.09. The lowest BCUT2D eigenvalue weighted by molar-refractivity contribution is 0.369. The van der Waals surface area contributed by atoms with Crippen molar-refractivity contribution < 1.29 is 4.52 Å². The van der Waals surface area contributed by atoms with E-state index in [4.69, 9.17) is 4.52 Å². The van der Waals surface area contributed by atoms with Crippen molar-refractivity contribution in [1.82, 2.24) is 19.1 Å². The van der Waals surface area contributed by atoms with E-state index in [1.807, 2.05) is 0 Å². The highest BCUT2D eigenvalue weighted by atomic mass is 16.5. The molecule has 0 aliphatic heterocycles. The fourth-order valence-corrected chi connectivity index (χ4v) is 1.56. The Balaban J connectivity index is 2.61. The molecule has 7 heteroatoms. The smallest absolute Gasteiger partial charge is 0.329 e. The van der Waals surface area contributed by atoms with E-state index in [9.17, 15) is 9.59 Å². The Morgan fingerprint density at radius 1 is 1.53 bits per heavy atom. The van der Waals surface area contributed by atoms with Crippen molar-refractivity contribution in [3.05, 3.63) is 33.5 Å². The zero-order chi connectivity index (χ0) is 10.6. The molecule has 76 valence electrons. The maximum absolute atomic E-state index is 11.8. The number of nitrogens with zero attached hydrogens (tertiary/aromatic N) is 3. The number of aromatic amines is 1. The minimum atomic E-state index is -0.543. The van der Waals surface area contributed by atoms with Gasteiger partial charge in [0.2, 0.25) is 5.65 Å². The summed E-state index contributed by atoms with van der Waals surface area (Å²) in [6.45, 7) is 3.62. The number of hydrogen-bond acceptors (Lipinski definition) is 4. The van der Waals surface area contributed by atoms with Crippen LogP contribution in [0.3, 0.4) is 0 Å². The van der Waals surface area contributed by atoms with Crippen molar-refractivity contribution in [1.29, 1.82) is 0 Å². The Morgan fingerprint density at radius 2 is 2.33 bits per heavy atom. The Kier molecular flexibility index (Phi) is 1.28. The van der Waals surface area contributed by atoms with E-state index in [0.717, 1.165) is 9.14 Å². The first-order chi connectivity index (χ1) is 7.22. The summed E-state index contributed by atoms with van der Waals surface area (Å²) in [5.41, 5.74) is -0.440. The number of imidazole rings is 1. The van der Waals surface area contributed by atoms with Crippen molar-refractivity contribution in [3.8, 4) is 0 Å². The van der Waals surface area contributed by atoms with Gasteiger partial charge in [-0.2, -0.15) is 4.98 Å². The Morgan fingerprint density at radius 3 is 3.00 bits per heavy atom. The van der Waals surface area contributed by atoms with Crippen molar-refractivity contribution in [3.63, 3.8) is 0 Å².